The van der Waals surface area contributed by atoms with Gasteiger partial charge in [-0.1, -0.05) is 43.6 Å². The lowest BCUT2D eigenvalue weighted by molar-refractivity contribution is 0.370. The summed E-state index contributed by atoms with van der Waals surface area (Å²) < 4.78 is 0. The molecule has 1 aromatic rings. The third-order valence-corrected chi connectivity index (χ3v) is 3.29. The predicted molar refractivity (Wildman–Crippen MR) is 70.5 cm³/mol. The van der Waals surface area contributed by atoms with Crippen molar-refractivity contribution in [3.8, 4) is 0 Å². The van der Waals surface area contributed by atoms with Crippen LogP contribution in [0.15, 0.2) is 24.3 Å². The Morgan fingerprint density at radius 3 is 2.56 bits per heavy atom. The fourth-order valence-corrected chi connectivity index (χ4v) is 1.83. The van der Waals surface area contributed by atoms with Gasteiger partial charge >= 0.3 is 0 Å². The average molecular weight is 241 g/mol. The van der Waals surface area contributed by atoms with E-state index in [4.69, 9.17) is 17.3 Å². The molecule has 0 amide bonds. The average Bonchev–Trinajstić information content (AvgIpc) is 2.26. The molecule has 3 heteroatoms. The summed E-state index contributed by atoms with van der Waals surface area (Å²) in [5.41, 5.74) is 6.86. The summed E-state index contributed by atoms with van der Waals surface area (Å²) in [7, 11) is 0. The van der Waals surface area contributed by atoms with Crippen molar-refractivity contribution in [2.24, 2.45) is 17.6 Å². The minimum absolute atomic E-state index is 0.530. The molecule has 1 unspecified atom stereocenters. The van der Waals surface area contributed by atoms with E-state index in [0.29, 0.717) is 11.8 Å². The van der Waals surface area contributed by atoms with Gasteiger partial charge in [-0.2, -0.15) is 0 Å². The molecule has 0 radical (unpaired) electrons. The Labute approximate surface area is 103 Å². The van der Waals surface area contributed by atoms with Gasteiger partial charge in [0.15, 0.2) is 0 Å². The first-order valence-corrected chi connectivity index (χ1v) is 6.17. The second-order valence-electron chi connectivity index (χ2n) is 4.46. The molecule has 90 valence electrons. The molecule has 0 saturated heterocycles. The zero-order valence-electron chi connectivity index (χ0n) is 10.0. The number of halogens is 1. The molecule has 0 heterocycles. The largest absolute Gasteiger partial charge is 0.330 e. The van der Waals surface area contributed by atoms with Gasteiger partial charge in [0.05, 0.1) is 0 Å². The summed E-state index contributed by atoms with van der Waals surface area (Å²) in [4.78, 5) is 0. The molecule has 0 fully saturated rings. The van der Waals surface area contributed by atoms with E-state index in [1.807, 2.05) is 24.3 Å². The number of nitrogens with two attached hydrogens (primary N) is 1. The maximum Gasteiger partial charge on any atom is 0.0450 e. The van der Waals surface area contributed by atoms with Gasteiger partial charge in [0, 0.05) is 11.6 Å². The standard InChI is InChI=1S/C13H21ClN2/c1-10(2)12(7-15)9-16-8-11-5-3-4-6-13(11)14/h3-6,10,12,16H,7-9,15H2,1-2H3. The zero-order valence-corrected chi connectivity index (χ0v) is 10.8. The van der Waals surface area contributed by atoms with Crippen LogP contribution in [-0.4, -0.2) is 13.1 Å². The van der Waals surface area contributed by atoms with Crippen molar-refractivity contribution < 1.29 is 0 Å². The van der Waals surface area contributed by atoms with Crippen LogP contribution in [0.2, 0.25) is 5.02 Å². The number of nitrogens with one attached hydrogen (secondary N) is 1. The van der Waals surface area contributed by atoms with E-state index in [9.17, 15) is 0 Å². The van der Waals surface area contributed by atoms with E-state index in [0.717, 1.165) is 30.2 Å². The lowest BCUT2D eigenvalue weighted by atomic mass is 9.96. The van der Waals surface area contributed by atoms with E-state index in [1.54, 1.807) is 0 Å². The summed E-state index contributed by atoms with van der Waals surface area (Å²) in [5, 5.41) is 4.23. The van der Waals surface area contributed by atoms with Crippen molar-refractivity contribution in [2.45, 2.75) is 20.4 Å². The van der Waals surface area contributed by atoms with Crippen LogP contribution in [0.3, 0.4) is 0 Å². The SMILES string of the molecule is CC(C)C(CN)CNCc1ccccc1Cl. The molecule has 0 spiro atoms. The van der Waals surface area contributed by atoms with Gasteiger partial charge in [0.25, 0.3) is 0 Å². The first-order chi connectivity index (χ1) is 7.65. The lowest BCUT2D eigenvalue weighted by Gasteiger charge is -2.19. The molecule has 1 aromatic carbocycles. The van der Waals surface area contributed by atoms with Crippen LogP contribution in [0.1, 0.15) is 19.4 Å². The Balaban J connectivity index is 2.38. The van der Waals surface area contributed by atoms with Crippen molar-refractivity contribution in [2.75, 3.05) is 13.1 Å². The van der Waals surface area contributed by atoms with E-state index in [1.165, 1.54) is 0 Å². The summed E-state index contributed by atoms with van der Waals surface area (Å²) >= 11 is 6.07. The van der Waals surface area contributed by atoms with E-state index < -0.39 is 0 Å². The molecule has 3 N–H and O–H groups in total. The molecule has 0 aliphatic carbocycles. The lowest BCUT2D eigenvalue weighted by Crippen LogP contribution is -2.31. The third-order valence-electron chi connectivity index (χ3n) is 2.93. The number of hydrogen-bond acceptors (Lipinski definition) is 2. The van der Waals surface area contributed by atoms with Crippen LogP contribution in [0.4, 0.5) is 0 Å². The van der Waals surface area contributed by atoms with Gasteiger partial charge < -0.3 is 11.1 Å². The second-order valence-corrected chi connectivity index (χ2v) is 4.87. The van der Waals surface area contributed by atoms with Gasteiger partial charge in [-0.15, -0.1) is 0 Å². The molecule has 16 heavy (non-hydrogen) atoms. The van der Waals surface area contributed by atoms with Crippen LogP contribution >= 0.6 is 11.6 Å². The number of benzene rings is 1. The fraction of sp³-hybridized carbons (Fsp3) is 0.538. The van der Waals surface area contributed by atoms with Gasteiger partial charge in [-0.05, 0) is 36.6 Å². The molecule has 0 bridgehead atoms. The van der Waals surface area contributed by atoms with Gasteiger partial charge in [-0.25, -0.2) is 0 Å². The molecule has 0 aromatic heterocycles. The summed E-state index contributed by atoms with van der Waals surface area (Å²) in [6.45, 7) is 6.89. The Hall–Kier alpha value is -0.570. The minimum Gasteiger partial charge on any atom is -0.330 e. The normalized spacial score (nSPS) is 13.1. The highest BCUT2D eigenvalue weighted by Gasteiger charge is 2.10. The molecule has 0 aliphatic rings. The van der Waals surface area contributed by atoms with Gasteiger partial charge in [0.2, 0.25) is 0 Å². The predicted octanol–water partition coefficient (Wildman–Crippen LogP) is 2.66. The van der Waals surface area contributed by atoms with Crippen LogP contribution in [0, 0.1) is 11.8 Å². The smallest absolute Gasteiger partial charge is 0.0450 e. The van der Waals surface area contributed by atoms with Gasteiger partial charge in [-0.3, -0.25) is 0 Å². The third kappa shape index (κ3) is 4.12. The Kier molecular flexibility index (Phi) is 5.81. The highest BCUT2D eigenvalue weighted by atomic mass is 35.5. The molecular weight excluding hydrogens is 220 g/mol. The fourth-order valence-electron chi connectivity index (χ4n) is 1.63. The monoisotopic (exact) mass is 240 g/mol. The van der Waals surface area contributed by atoms with Gasteiger partial charge in [0.1, 0.15) is 0 Å². The van der Waals surface area contributed by atoms with E-state index in [2.05, 4.69) is 19.2 Å². The molecule has 0 aliphatic heterocycles. The van der Waals surface area contributed by atoms with Crippen molar-refractivity contribution in [1.29, 1.82) is 0 Å². The van der Waals surface area contributed by atoms with Crippen molar-refractivity contribution in [3.05, 3.63) is 34.9 Å². The van der Waals surface area contributed by atoms with Crippen LogP contribution < -0.4 is 11.1 Å². The Bertz CT molecular complexity index is 313. The quantitative estimate of drug-likeness (QED) is 0.803. The molecular formula is C13H21ClN2. The van der Waals surface area contributed by atoms with E-state index in [-0.39, 0.29) is 0 Å². The highest BCUT2D eigenvalue weighted by molar-refractivity contribution is 6.31. The minimum atomic E-state index is 0.530. The molecule has 1 rings (SSSR count). The van der Waals surface area contributed by atoms with Crippen molar-refractivity contribution >= 4 is 11.6 Å². The summed E-state index contributed by atoms with van der Waals surface area (Å²) in [6, 6.07) is 7.91. The topological polar surface area (TPSA) is 38.0 Å². The summed E-state index contributed by atoms with van der Waals surface area (Å²) in [6.07, 6.45) is 0. The number of hydrogen-bond donors (Lipinski definition) is 2. The van der Waals surface area contributed by atoms with Crippen LogP contribution in [0.5, 0.6) is 0 Å². The Morgan fingerprint density at radius 1 is 1.31 bits per heavy atom. The Morgan fingerprint density at radius 2 is 2.00 bits per heavy atom. The van der Waals surface area contributed by atoms with Crippen LogP contribution in [-0.2, 0) is 6.54 Å². The number of rotatable bonds is 6. The van der Waals surface area contributed by atoms with E-state index >= 15 is 0 Å². The maximum absolute atomic E-state index is 6.07. The van der Waals surface area contributed by atoms with Crippen molar-refractivity contribution in [3.63, 3.8) is 0 Å². The second kappa shape index (κ2) is 6.89. The molecule has 1 atom stereocenters. The maximum atomic E-state index is 6.07. The first-order valence-electron chi connectivity index (χ1n) is 5.79. The zero-order chi connectivity index (χ0) is 12.0. The first kappa shape index (κ1) is 13.5. The summed E-state index contributed by atoms with van der Waals surface area (Å²) in [5.74, 6) is 1.14. The van der Waals surface area contributed by atoms with Crippen molar-refractivity contribution in [1.82, 2.24) is 5.32 Å². The molecule has 2 nitrogen and oxygen atoms in total. The molecule has 0 saturated carbocycles. The highest BCUT2D eigenvalue weighted by Crippen LogP contribution is 2.14. The van der Waals surface area contributed by atoms with Crippen LogP contribution in [0.25, 0.3) is 0 Å².